The van der Waals surface area contributed by atoms with Crippen LogP contribution < -0.4 is 19.1 Å². The molecule has 0 bridgehead atoms. The number of amides is 1. The first-order valence-corrected chi connectivity index (χ1v) is 13.2. The van der Waals surface area contributed by atoms with Crippen molar-refractivity contribution < 1.29 is 22.7 Å². The van der Waals surface area contributed by atoms with Crippen LogP contribution in [-0.4, -0.2) is 35.1 Å². The molecular formula is C28H34N2O5S. The third kappa shape index (κ3) is 6.79. The van der Waals surface area contributed by atoms with Crippen LogP contribution in [0.3, 0.4) is 0 Å². The molecule has 0 spiro atoms. The zero-order valence-corrected chi connectivity index (χ0v) is 22.2. The molecule has 0 aliphatic heterocycles. The maximum Gasteiger partial charge on any atom is 0.264 e. The van der Waals surface area contributed by atoms with Gasteiger partial charge in [-0.15, -0.1) is 0 Å². The van der Waals surface area contributed by atoms with Crippen LogP contribution in [0.15, 0.2) is 77.7 Å². The first kappa shape index (κ1) is 27.1. The van der Waals surface area contributed by atoms with Gasteiger partial charge < -0.3 is 14.8 Å². The van der Waals surface area contributed by atoms with Gasteiger partial charge in [0, 0.05) is 0 Å². The number of carbonyl (C=O) groups is 1. The molecule has 0 fully saturated rings. The van der Waals surface area contributed by atoms with Gasteiger partial charge in [-0.05, 0) is 73.4 Å². The third-order valence-corrected chi connectivity index (χ3v) is 7.61. The fourth-order valence-electron chi connectivity index (χ4n) is 3.86. The predicted molar refractivity (Wildman–Crippen MR) is 142 cm³/mol. The average Bonchev–Trinajstić information content (AvgIpc) is 2.87. The summed E-state index contributed by atoms with van der Waals surface area (Å²) in [6.45, 7) is 5.68. The number of aryl methyl sites for hydroxylation is 1. The number of sulfonamides is 1. The normalized spacial score (nSPS) is 12.2. The number of hydrogen-bond acceptors (Lipinski definition) is 5. The van der Waals surface area contributed by atoms with Crippen LogP contribution in [0.5, 0.6) is 11.5 Å². The van der Waals surface area contributed by atoms with Gasteiger partial charge in [-0.1, -0.05) is 43.7 Å². The number of nitrogens with zero attached hydrogens (tertiary/aromatic N) is 1. The number of methoxy groups -OCH3 is 2. The largest absolute Gasteiger partial charge is 0.497 e. The van der Waals surface area contributed by atoms with Crippen molar-refractivity contribution in [3.8, 4) is 11.5 Å². The number of ether oxygens (including phenoxy) is 2. The van der Waals surface area contributed by atoms with Crippen LogP contribution in [0.1, 0.15) is 37.4 Å². The highest BCUT2D eigenvalue weighted by Gasteiger charge is 2.28. The highest BCUT2D eigenvalue weighted by molar-refractivity contribution is 7.92. The van der Waals surface area contributed by atoms with E-state index in [1.54, 1.807) is 55.6 Å². The minimum Gasteiger partial charge on any atom is -0.497 e. The van der Waals surface area contributed by atoms with E-state index >= 15 is 0 Å². The Bertz CT molecular complexity index is 1240. The van der Waals surface area contributed by atoms with Gasteiger partial charge in [0.25, 0.3) is 10.0 Å². The Morgan fingerprint density at radius 3 is 1.89 bits per heavy atom. The lowest BCUT2D eigenvalue weighted by Crippen LogP contribution is -2.42. The summed E-state index contributed by atoms with van der Waals surface area (Å²) >= 11 is 0. The average molecular weight is 511 g/mol. The maximum atomic E-state index is 13.6. The molecule has 1 amide bonds. The third-order valence-electron chi connectivity index (χ3n) is 5.82. The van der Waals surface area contributed by atoms with Gasteiger partial charge in [0.15, 0.2) is 0 Å². The Balaban J connectivity index is 1.92. The molecule has 1 atom stereocenters. The van der Waals surface area contributed by atoms with E-state index in [9.17, 15) is 13.2 Å². The summed E-state index contributed by atoms with van der Waals surface area (Å²) in [6.07, 6.45) is 0.700. The van der Waals surface area contributed by atoms with Crippen LogP contribution in [-0.2, 0) is 14.8 Å². The summed E-state index contributed by atoms with van der Waals surface area (Å²) in [5, 5.41) is 3.05. The maximum absolute atomic E-state index is 13.6. The van der Waals surface area contributed by atoms with Gasteiger partial charge in [-0.3, -0.25) is 9.10 Å². The van der Waals surface area contributed by atoms with Crippen molar-refractivity contribution in [1.82, 2.24) is 5.32 Å². The van der Waals surface area contributed by atoms with Crippen molar-refractivity contribution in [3.05, 3.63) is 83.9 Å². The summed E-state index contributed by atoms with van der Waals surface area (Å²) < 4.78 is 38.9. The van der Waals surface area contributed by atoms with Crippen LogP contribution in [0, 0.1) is 12.8 Å². The number of benzene rings is 3. The van der Waals surface area contributed by atoms with Crippen molar-refractivity contribution in [2.45, 2.75) is 38.1 Å². The number of rotatable bonds is 11. The molecule has 0 aromatic heterocycles. The lowest BCUT2D eigenvalue weighted by molar-refractivity contribution is -0.120. The van der Waals surface area contributed by atoms with E-state index in [-0.39, 0.29) is 17.5 Å². The summed E-state index contributed by atoms with van der Waals surface area (Å²) in [6, 6.07) is 20.4. The number of nitrogens with one attached hydrogen (secondary N) is 1. The molecular weight excluding hydrogens is 476 g/mol. The molecule has 8 heteroatoms. The van der Waals surface area contributed by atoms with Crippen molar-refractivity contribution in [2.24, 2.45) is 5.92 Å². The first-order chi connectivity index (χ1) is 17.1. The minimum absolute atomic E-state index is 0.116. The Hall–Kier alpha value is -3.52. The van der Waals surface area contributed by atoms with Gasteiger partial charge >= 0.3 is 0 Å². The van der Waals surface area contributed by atoms with Gasteiger partial charge in [0.1, 0.15) is 18.0 Å². The minimum atomic E-state index is -4.00. The van der Waals surface area contributed by atoms with Crippen molar-refractivity contribution in [1.29, 1.82) is 0 Å². The van der Waals surface area contributed by atoms with Crippen molar-refractivity contribution in [2.75, 3.05) is 25.1 Å². The molecule has 3 rings (SSSR count). The van der Waals surface area contributed by atoms with E-state index in [0.717, 1.165) is 21.2 Å². The fraction of sp³-hybridized carbons (Fsp3) is 0.321. The van der Waals surface area contributed by atoms with E-state index in [1.165, 1.54) is 7.11 Å². The van der Waals surface area contributed by atoms with Gasteiger partial charge in [-0.25, -0.2) is 8.42 Å². The molecule has 0 radical (unpaired) electrons. The standard InChI is InChI=1S/C28H34N2O5S/c1-20(2)18-27(22-8-12-24(34-4)13-9-22)29-28(31)19-30(23-10-14-25(35-5)15-11-23)36(32,33)26-16-6-21(3)7-17-26/h6-17,20,27H,18-19H2,1-5H3,(H,29,31)/t27-/m0/s1. The molecule has 192 valence electrons. The molecule has 7 nitrogen and oxygen atoms in total. The molecule has 0 aliphatic rings. The lowest BCUT2D eigenvalue weighted by atomic mass is 9.97. The number of anilines is 1. The Kier molecular flexibility index (Phi) is 8.98. The molecule has 0 unspecified atom stereocenters. The fourth-order valence-corrected chi connectivity index (χ4v) is 5.28. The summed E-state index contributed by atoms with van der Waals surface area (Å²) in [7, 11) is -0.862. The highest BCUT2D eigenvalue weighted by Crippen LogP contribution is 2.27. The Labute approximate surface area is 214 Å². The smallest absolute Gasteiger partial charge is 0.264 e. The van der Waals surface area contributed by atoms with E-state index in [4.69, 9.17) is 9.47 Å². The number of carbonyl (C=O) groups excluding carboxylic acids is 1. The summed E-state index contributed by atoms with van der Waals surface area (Å²) in [5.41, 5.74) is 2.24. The topological polar surface area (TPSA) is 84.9 Å². The predicted octanol–water partition coefficient (Wildman–Crippen LogP) is 5.11. The van der Waals surface area contributed by atoms with Gasteiger partial charge in [0.2, 0.25) is 5.91 Å². The van der Waals surface area contributed by atoms with E-state index in [1.807, 2.05) is 31.2 Å². The van der Waals surface area contributed by atoms with Crippen LogP contribution in [0.4, 0.5) is 5.69 Å². The monoisotopic (exact) mass is 510 g/mol. The molecule has 1 N–H and O–H groups in total. The second-order valence-electron chi connectivity index (χ2n) is 9.05. The summed E-state index contributed by atoms with van der Waals surface area (Å²) in [4.78, 5) is 13.4. The van der Waals surface area contributed by atoms with Crippen LogP contribution in [0.2, 0.25) is 0 Å². The number of hydrogen-bond donors (Lipinski definition) is 1. The molecule has 0 saturated carbocycles. The first-order valence-electron chi connectivity index (χ1n) is 11.8. The highest BCUT2D eigenvalue weighted by atomic mass is 32.2. The quantitative estimate of drug-likeness (QED) is 0.387. The van der Waals surface area contributed by atoms with E-state index < -0.39 is 15.9 Å². The van der Waals surface area contributed by atoms with Gasteiger partial charge in [0.05, 0.1) is 30.8 Å². The summed E-state index contributed by atoms with van der Waals surface area (Å²) in [5.74, 6) is 1.23. The molecule has 0 heterocycles. The molecule has 36 heavy (non-hydrogen) atoms. The second kappa shape index (κ2) is 11.9. The Morgan fingerprint density at radius 1 is 0.861 bits per heavy atom. The van der Waals surface area contributed by atoms with Crippen molar-refractivity contribution >= 4 is 21.6 Å². The zero-order valence-electron chi connectivity index (χ0n) is 21.4. The zero-order chi connectivity index (χ0) is 26.3. The van der Waals surface area contributed by atoms with E-state index in [0.29, 0.717) is 23.8 Å². The van der Waals surface area contributed by atoms with Crippen molar-refractivity contribution in [3.63, 3.8) is 0 Å². The van der Waals surface area contributed by atoms with Gasteiger partial charge in [-0.2, -0.15) is 0 Å². The van der Waals surface area contributed by atoms with Crippen LogP contribution >= 0.6 is 0 Å². The lowest BCUT2D eigenvalue weighted by Gasteiger charge is -2.27. The van der Waals surface area contributed by atoms with Crippen LogP contribution in [0.25, 0.3) is 0 Å². The molecule has 0 saturated heterocycles. The second-order valence-corrected chi connectivity index (χ2v) is 10.9. The van der Waals surface area contributed by atoms with E-state index in [2.05, 4.69) is 19.2 Å². The molecule has 3 aromatic rings. The Morgan fingerprint density at radius 2 is 1.39 bits per heavy atom. The molecule has 3 aromatic carbocycles. The molecule has 0 aliphatic carbocycles. The SMILES string of the molecule is COc1ccc([C@H](CC(C)C)NC(=O)CN(c2ccc(OC)cc2)S(=O)(=O)c2ccc(C)cc2)cc1.